The van der Waals surface area contributed by atoms with Crippen molar-refractivity contribution in [3.8, 4) is 11.1 Å². The molecule has 0 spiro atoms. The number of nitrogens with one attached hydrogen (secondary N) is 2. The average molecular weight is 366 g/mol. The quantitative estimate of drug-likeness (QED) is 0.658. The molecule has 0 saturated heterocycles. The summed E-state index contributed by atoms with van der Waals surface area (Å²) in [4.78, 5) is 14.9. The molecule has 5 nitrogen and oxygen atoms in total. The highest BCUT2D eigenvalue weighted by molar-refractivity contribution is 6.32. The van der Waals surface area contributed by atoms with Gasteiger partial charge in [-0.25, -0.2) is 9.78 Å². The third-order valence-corrected chi connectivity index (χ3v) is 4.79. The Morgan fingerprint density at radius 1 is 1.21 bits per heavy atom. The number of carboxylic acid groups (broad SMARTS) is 1. The molecule has 0 radical (unpaired) electrons. The van der Waals surface area contributed by atoms with Gasteiger partial charge in [-0.3, -0.25) is 0 Å². The van der Waals surface area contributed by atoms with Crippen molar-refractivity contribution in [1.82, 2.24) is 10.3 Å². The largest absolute Gasteiger partial charge is 0.465 e. The molecule has 3 N–H and O–H groups in total. The van der Waals surface area contributed by atoms with E-state index in [1.165, 1.54) is 0 Å². The van der Waals surface area contributed by atoms with Crippen LogP contribution in [-0.2, 0) is 0 Å². The minimum atomic E-state index is -0.987. The SMILES string of the molecule is O=C(O)NCC1(CNc2cnc(Cl)c(-c3ccc(Cl)cc3)c2)CC1. The summed E-state index contributed by atoms with van der Waals surface area (Å²) in [6.07, 6.45) is 2.71. The van der Waals surface area contributed by atoms with Gasteiger partial charge < -0.3 is 15.7 Å². The van der Waals surface area contributed by atoms with E-state index in [9.17, 15) is 4.79 Å². The molecule has 1 saturated carbocycles. The first-order valence-electron chi connectivity index (χ1n) is 7.60. The van der Waals surface area contributed by atoms with Crippen molar-refractivity contribution in [3.05, 3.63) is 46.7 Å². The Balaban J connectivity index is 1.70. The monoisotopic (exact) mass is 365 g/mol. The Kier molecular flexibility index (Phi) is 4.83. The van der Waals surface area contributed by atoms with Gasteiger partial charge in [0.15, 0.2) is 0 Å². The van der Waals surface area contributed by atoms with E-state index < -0.39 is 6.09 Å². The maximum Gasteiger partial charge on any atom is 0.404 e. The summed E-state index contributed by atoms with van der Waals surface area (Å²) in [6, 6.07) is 9.36. The van der Waals surface area contributed by atoms with E-state index in [2.05, 4.69) is 15.6 Å². The van der Waals surface area contributed by atoms with Gasteiger partial charge in [-0.1, -0.05) is 35.3 Å². The minimum absolute atomic E-state index is 0.00153. The molecule has 0 bridgehead atoms. The maximum atomic E-state index is 10.6. The van der Waals surface area contributed by atoms with Crippen LogP contribution in [0.3, 0.4) is 0 Å². The fourth-order valence-electron chi connectivity index (χ4n) is 2.52. The average Bonchev–Trinajstić information content (AvgIpc) is 3.34. The first kappa shape index (κ1) is 16.9. The number of halogens is 2. The molecule has 1 amide bonds. The van der Waals surface area contributed by atoms with Crippen LogP contribution in [0.4, 0.5) is 10.5 Å². The second-order valence-corrected chi connectivity index (χ2v) is 6.88. The first-order chi connectivity index (χ1) is 11.5. The standard InChI is InChI=1S/C17H17Cl2N3O2/c18-12-3-1-11(2-4-12)14-7-13(8-20-15(14)19)21-9-17(5-6-17)10-22-16(23)24/h1-4,7-8,21-22H,5-6,9-10H2,(H,23,24). The Bertz CT molecular complexity index is 746. The number of amides is 1. The van der Waals surface area contributed by atoms with Crippen LogP contribution in [0.1, 0.15) is 12.8 Å². The van der Waals surface area contributed by atoms with Gasteiger partial charge in [0.1, 0.15) is 5.15 Å². The molecule has 126 valence electrons. The molecule has 0 aliphatic heterocycles. The number of nitrogens with zero attached hydrogens (tertiary/aromatic N) is 1. The maximum absolute atomic E-state index is 10.6. The lowest BCUT2D eigenvalue weighted by atomic mass is 10.1. The number of carbonyl (C=O) groups is 1. The van der Waals surface area contributed by atoms with Crippen LogP contribution in [0.15, 0.2) is 36.5 Å². The topological polar surface area (TPSA) is 74.2 Å². The van der Waals surface area contributed by atoms with E-state index in [4.69, 9.17) is 28.3 Å². The van der Waals surface area contributed by atoms with Gasteiger partial charge in [0.05, 0.1) is 11.9 Å². The number of anilines is 1. The van der Waals surface area contributed by atoms with Gasteiger partial charge in [0.25, 0.3) is 0 Å². The molecule has 7 heteroatoms. The molecule has 3 rings (SSSR count). The van der Waals surface area contributed by atoms with Crippen LogP contribution in [0.5, 0.6) is 0 Å². The zero-order valence-electron chi connectivity index (χ0n) is 12.9. The summed E-state index contributed by atoms with van der Waals surface area (Å²) in [7, 11) is 0. The molecular formula is C17H17Cl2N3O2. The molecule has 1 aliphatic carbocycles. The first-order valence-corrected chi connectivity index (χ1v) is 8.35. The molecular weight excluding hydrogens is 349 g/mol. The van der Waals surface area contributed by atoms with Crippen LogP contribution < -0.4 is 10.6 Å². The number of hydrogen-bond donors (Lipinski definition) is 3. The van der Waals surface area contributed by atoms with Crippen LogP contribution in [-0.4, -0.2) is 29.3 Å². The summed E-state index contributed by atoms with van der Waals surface area (Å²) in [5.41, 5.74) is 2.62. The second-order valence-electron chi connectivity index (χ2n) is 6.08. The van der Waals surface area contributed by atoms with E-state index in [0.717, 1.165) is 29.7 Å². The highest BCUT2D eigenvalue weighted by atomic mass is 35.5. The zero-order valence-corrected chi connectivity index (χ0v) is 14.4. The highest BCUT2D eigenvalue weighted by Crippen LogP contribution is 2.45. The van der Waals surface area contributed by atoms with Crippen LogP contribution in [0.2, 0.25) is 10.2 Å². The van der Waals surface area contributed by atoms with Crippen molar-refractivity contribution < 1.29 is 9.90 Å². The zero-order chi connectivity index (χ0) is 17.2. The summed E-state index contributed by atoms with van der Waals surface area (Å²) < 4.78 is 0. The molecule has 0 unspecified atom stereocenters. The fourth-order valence-corrected chi connectivity index (χ4v) is 2.86. The van der Waals surface area contributed by atoms with Crippen LogP contribution >= 0.6 is 23.2 Å². The van der Waals surface area contributed by atoms with Crippen LogP contribution in [0.25, 0.3) is 11.1 Å². The van der Waals surface area contributed by atoms with E-state index in [1.807, 2.05) is 30.3 Å². The second kappa shape index (κ2) is 6.87. The van der Waals surface area contributed by atoms with E-state index in [-0.39, 0.29) is 5.41 Å². The van der Waals surface area contributed by atoms with Crippen molar-refractivity contribution >= 4 is 35.0 Å². The molecule has 24 heavy (non-hydrogen) atoms. The van der Waals surface area contributed by atoms with Crippen molar-refractivity contribution in [2.45, 2.75) is 12.8 Å². The van der Waals surface area contributed by atoms with Gasteiger partial charge in [-0.15, -0.1) is 0 Å². The van der Waals surface area contributed by atoms with Crippen LogP contribution in [0, 0.1) is 5.41 Å². The minimum Gasteiger partial charge on any atom is -0.465 e. The van der Waals surface area contributed by atoms with Gasteiger partial charge in [-0.2, -0.15) is 0 Å². The molecule has 1 fully saturated rings. The summed E-state index contributed by atoms with van der Waals surface area (Å²) in [5, 5.41) is 15.6. The summed E-state index contributed by atoms with van der Waals surface area (Å²) in [6.45, 7) is 1.15. The number of aromatic nitrogens is 1. The normalized spacial score (nSPS) is 14.9. The Morgan fingerprint density at radius 3 is 2.54 bits per heavy atom. The fraction of sp³-hybridized carbons (Fsp3) is 0.294. The Morgan fingerprint density at radius 2 is 1.92 bits per heavy atom. The van der Waals surface area contributed by atoms with Gasteiger partial charge in [-0.05, 0) is 36.6 Å². The lowest BCUT2D eigenvalue weighted by molar-refractivity contribution is 0.192. The predicted molar refractivity (Wildman–Crippen MR) is 95.9 cm³/mol. The van der Waals surface area contributed by atoms with Gasteiger partial charge >= 0.3 is 6.09 Å². The molecule has 2 aromatic rings. The predicted octanol–water partition coefficient (Wildman–Crippen LogP) is 4.52. The third kappa shape index (κ3) is 4.10. The number of hydrogen-bond acceptors (Lipinski definition) is 3. The lowest BCUT2D eigenvalue weighted by Gasteiger charge is -2.17. The summed E-state index contributed by atoms with van der Waals surface area (Å²) >= 11 is 12.1. The highest BCUT2D eigenvalue weighted by Gasteiger charge is 2.42. The molecule has 1 heterocycles. The Labute approximate surface area is 150 Å². The van der Waals surface area contributed by atoms with Crippen molar-refractivity contribution in [1.29, 1.82) is 0 Å². The van der Waals surface area contributed by atoms with E-state index in [1.54, 1.807) is 6.20 Å². The lowest BCUT2D eigenvalue weighted by Crippen LogP contribution is -2.32. The molecule has 1 aliphatic rings. The molecule has 1 aromatic heterocycles. The van der Waals surface area contributed by atoms with Crippen molar-refractivity contribution in [3.63, 3.8) is 0 Å². The van der Waals surface area contributed by atoms with Gasteiger partial charge in [0, 0.05) is 29.1 Å². The molecule has 0 atom stereocenters. The number of benzene rings is 1. The smallest absolute Gasteiger partial charge is 0.404 e. The van der Waals surface area contributed by atoms with Crippen molar-refractivity contribution in [2.75, 3.05) is 18.4 Å². The van der Waals surface area contributed by atoms with E-state index in [0.29, 0.717) is 23.3 Å². The van der Waals surface area contributed by atoms with Gasteiger partial charge in [0.2, 0.25) is 0 Å². The molecule has 1 aromatic carbocycles. The number of rotatable bonds is 6. The van der Waals surface area contributed by atoms with Crippen molar-refractivity contribution in [2.24, 2.45) is 5.41 Å². The summed E-state index contributed by atoms with van der Waals surface area (Å²) in [5.74, 6) is 0. The number of pyridine rings is 1. The third-order valence-electron chi connectivity index (χ3n) is 4.23. The Hall–Kier alpha value is -1.98. The van der Waals surface area contributed by atoms with E-state index >= 15 is 0 Å².